The van der Waals surface area contributed by atoms with Crippen molar-refractivity contribution in [3.63, 3.8) is 0 Å². The first-order valence-corrected chi connectivity index (χ1v) is 5.98. The van der Waals surface area contributed by atoms with Crippen LogP contribution in [0.2, 0.25) is 0 Å². The van der Waals surface area contributed by atoms with Gasteiger partial charge in [0.1, 0.15) is 0 Å². The van der Waals surface area contributed by atoms with Crippen LogP contribution in [0.1, 0.15) is 24.0 Å². The van der Waals surface area contributed by atoms with Crippen molar-refractivity contribution >= 4 is 6.03 Å². The number of hydrogen-bond donors (Lipinski definition) is 2. The van der Waals surface area contributed by atoms with Gasteiger partial charge in [0.15, 0.2) is 0 Å². The molecule has 0 unspecified atom stereocenters. The monoisotopic (exact) mass is 233 g/mol. The number of carbonyl (C=O) groups is 1. The van der Waals surface area contributed by atoms with E-state index in [0.29, 0.717) is 19.1 Å². The number of rotatable bonds is 4. The fourth-order valence-electron chi connectivity index (χ4n) is 1.64. The van der Waals surface area contributed by atoms with Crippen LogP contribution in [0.25, 0.3) is 0 Å². The van der Waals surface area contributed by atoms with Gasteiger partial charge in [-0.15, -0.1) is 0 Å². The lowest BCUT2D eigenvalue weighted by atomic mass is 10.1. The van der Waals surface area contributed by atoms with E-state index < -0.39 is 0 Å². The fraction of sp³-hybridized carbons (Fsp3) is 0.462. The van der Waals surface area contributed by atoms with Crippen molar-refractivity contribution in [3.05, 3.63) is 35.4 Å². The molecule has 17 heavy (non-hydrogen) atoms. The van der Waals surface area contributed by atoms with E-state index >= 15 is 0 Å². The van der Waals surface area contributed by atoms with Crippen LogP contribution in [0, 0.1) is 0 Å². The lowest BCUT2D eigenvalue weighted by molar-refractivity contribution is 0.206. The normalized spacial score (nSPS) is 14.5. The predicted octanol–water partition coefficient (Wildman–Crippen LogP) is 1.45. The molecule has 0 spiro atoms. The summed E-state index contributed by atoms with van der Waals surface area (Å²) in [6, 6.07) is 8.45. The summed E-state index contributed by atoms with van der Waals surface area (Å²) in [5.41, 5.74) is 7.77. The van der Waals surface area contributed by atoms with E-state index in [9.17, 15) is 4.79 Å². The standard InChI is InChI=1S/C13H19N3O/c1-16(13(17)15-12-6-7-12)9-11-4-2-10(8-14)3-5-11/h2-5,12H,6-9,14H2,1H3,(H,15,17). The maximum Gasteiger partial charge on any atom is 0.317 e. The molecule has 0 heterocycles. The van der Waals surface area contributed by atoms with Gasteiger partial charge >= 0.3 is 6.03 Å². The molecule has 4 nitrogen and oxygen atoms in total. The van der Waals surface area contributed by atoms with Gasteiger partial charge in [-0.1, -0.05) is 24.3 Å². The molecule has 0 atom stereocenters. The zero-order valence-electron chi connectivity index (χ0n) is 10.1. The van der Waals surface area contributed by atoms with Gasteiger partial charge in [0, 0.05) is 26.2 Å². The molecular weight excluding hydrogens is 214 g/mol. The quantitative estimate of drug-likeness (QED) is 0.827. The number of hydrogen-bond acceptors (Lipinski definition) is 2. The molecule has 3 N–H and O–H groups in total. The highest BCUT2D eigenvalue weighted by molar-refractivity contribution is 5.74. The zero-order valence-corrected chi connectivity index (χ0v) is 10.1. The molecule has 4 heteroatoms. The highest BCUT2D eigenvalue weighted by Gasteiger charge is 2.24. The Labute approximate surface area is 102 Å². The average molecular weight is 233 g/mol. The molecule has 1 aliphatic rings. The minimum atomic E-state index is 0.00963. The van der Waals surface area contributed by atoms with Crippen LogP contribution in [0.5, 0.6) is 0 Å². The lowest BCUT2D eigenvalue weighted by Gasteiger charge is -2.18. The maximum atomic E-state index is 11.7. The fourth-order valence-corrected chi connectivity index (χ4v) is 1.64. The number of urea groups is 1. The Morgan fingerprint density at radius 3 is 2.47 bits per heavy atom. The number of nitrogens with two attached hydrogens (primary N) is 1. The molecule has 0 aromatic heterocycles. The Balaban J connectivity index is 1.87. The smallest absolute Gasteiger partial charge is 0.317 e. The second-order valence-corrected chi connectivity index (χ2v) is 4.60. The van der Waals surface area contributed by atoms with Crippen LogP contribution < -0.4 is 11.1 Å². The summed E-state index contributed by atoms with van der Waals surface area (Å²) in [6.07, 6.45) is 2.23. The van der Waals surface area contributed by atoms with Crippen LogP contribution in [0.15, 0.2) is 24.3 Å². The summed E-state index contributed by atoms with van der Waals surface area (Å²) < 4.78 is 0. The van der Waals surface area contributed by atoms with Crippen molar-refractivity contribution in [2.75, 3.05) is 7.05 Å². The first-order chi connectivity index (χ1) is 8.19. The Bertz CT molecular complexity index is 384. The summed E-state index contributed by atoms with van der Waals surface area (Å²) in [7, 11) is 1.81. The second-order valence-electron chi connectivity index (χ2n) is 4.60. The molecule has 0 radical (unpaired) electrons. The third-order valence-electron chi connectivity index (χ3n) is 2.93. The molecule has 2 amide bonds. The molecule has 1 fully saturated rings. The molecule has 1 aromatic rings. The summed E-state index contributed by atoms with van der Waals surface area (Å²) in [5, 5.41) is 2.96. The number of nitrogens with zero attached hydrogens (tertiary/aromatic N) is 1. The summed E-state index contributed by atoms with van der Waals surface area (Å²) in [6.45, 7) is 1.18. The molecule has 1 aromatic carbocycles. The van der Waals surface area contributed by atoms with Gasteiger partial charge in [-0.3, -0.25) is 0 Å². The van der Waals surface area contributed by atoms with Crippen molar-refractivity contribution in [1.82, 2.24) is 10.2 Å². The molecule has 92 valence electrons. The third-order valence-corrected chi connectivity index (χ3v) is 2.93. The molecule has 0 aliphatic heterocycles. The Kier molecular flexibility index (Phi) is 3.64. The minimum Gasteiger partial charge on any atom is -0.335 e. The highest BCUT2D eigenvalue weighted by Crippen LogP contribution is 2.19. The van der Waals surface area contributed by atoms with Crippen LogP contribution in [0.3, 0.4) is 0 Å². The van der Waals surface area contributed by atoms with Crippen molar-refractivity contribution in [2.45, 2.75) is 32.0 Å². The zero-order chi connectivity index (χ0) is 12.3. The maximum absolute atomic E-state index is 11.7. The van der Waals surface area contributed by atoms with Crippen molar-refractivity contribution in [2.24, 2.45) is 5.73 Å². The molecule has 0 bridgehead atoms. The van der Waals surface area contributed by atoms with E-state index in [0.717, 1.165) is 24.0 Å². The number of benzene rings is 1. The SMILES string of the molecule is CN(Cc1ccc(CN)cc1)C(=O)NC1CC1. The number of nitrogens with one attached hydrogen (secondary N) is 1. The molecule has 1 aliphatic carbocycles. The van der Waals surface area contributed by atoms with E-state index in [1.807, 2.05) is 31.3 Å². The summed E-state index contributed by atoms with van der Waals surface area (Å²) in [5.74, 6) is 0. The van der Waals surface area contributed by atoms with Crippen LogP contribution in [-0.4, -0.2) is 24.0 Å². The average Bonchev–Trinajstić information content (AvgIpc) is 3.14. The Morgan fingerprint density at radius 1 is 1.35 bits per heavy atom. The van der Waals surface area contributed by atoms with Crippen LogP contribution in [0.4, 0.5) is 4.79 Å². The topological polar surface area (TPSA) is 58.4 Å². The Morgan fingerprint density at radius 2 is 1.94 bits per heavy atom. The summed E-state index contributed by atoms with van der Waals surface area (Å²) in [4.78, 5) is 13.4. The number of carbonyl (C=O) groups excluding carboxylic acids is 1. The van der Waals surface area contributed by atoms with Gasteiger partial charge in [-0.25, -0.2) is 4.79 Å². The van der Waals surface area contributed by atoms with Crippen LogP contribution in [-0.2, 0) is 13.1 Å². The molecular formula is C13H19N3O. The van der Waals surface area contributed by atoms with E-state index in [1.54, 1.807) is 4.90 Å². The second kappa shape index (κ2) is 5.19. The van der Waals surface area contributed by atoms with Gasteiger partial charge in [0.2, 0.25) is 0 Å². The largest absolute Gasteiger partial charge is 0.335 e. The van der Waals surface area contributed by atoms with Gasteiger partial charge in [0.25, 0.3) is 0 Å². The number of amides is 2. The molecule has 1 saturated carbocycles. The van der Waals surface area contributed by atoms with Crippen molar-refractivity contribution in [1.29, 1.82) is 0 Å². The summed E-state index contributed by atoms with van der Waals surface area (Å²) >= 11 is 0. The molecule has 2 rings (SSSR count). The van der Waals surface area contributed by atoms with Crippen LogP contribution >= 0.6 is 0 Å². The van der Waals surface area contributed by atoms with Gasteiger partial charge in [-0.05, 0) is 24.0 Å². The lowest BCUT2D eigenvalue weighted by Crippen LogP contribution is -2.37. The van der Waals surface area contributed by atoms with E-state index in [2.05, 4.69) is 5.32 Å². The first kappa shape index (κ1) is 11.9. The van der Waals surface area contributed by atoms with E-state index in [-0.39, 0.29) is 6.03 Å². The molecule has 0 saturated heterocycles. The van der Waals surface area contributed by atoms with E-state index in [4.69, 9.17) is 5.73 Å². The Hall–Kier alpha value is -1.55. The first-order valence-electron chi connectivity index (χ1n) is 5.98. The predicted molar refractivity (Wildman–Crippen MR) is 67.4 cm³/mol. The van der Waals surface area contributed by atoms with Crippen molar-refractivity contribution in [3.8, 4) is 0 Å². The van der Waals surface area contributed by atoms with Crippen molar-refractivity contribution < 1.29 is 4.79 Å². The minimum absolute atomic E-state index is 0.00963. The van der Waals surface area contributed by atoms with Gasteiger partial charge in [-0.2, -0.15) is 0 Å². The third kappa shape index (κ3) is 3.46. The van der Waals surface area contributed by atoms with Gasteiger partial charge in [0.05, 0.1) is 0 Å². The van der Waals surface area contributed by atoms with Gasteiger partial charge < -0.3 is 16.0 Å². The van der Waals surface area contributed by atoms with E-state index in [1.165, 1.54) is 0 Å². The highest BCUT2D eigenvalue weighted by atomic mass is 16.2.